The van der Waals surface area contributed by atoms with Crippen LogP contribution in [0.15, 0.2) is 27.3 Å². The third kappa shape index (κ3) is 2.45. The second-order valence-electron chi connectivity index (χ2n) is 8.15. The molecule has 1 aromatic rings. The minimum Gasteiger partial charge on any atom is -0.508 e. The molecule has 0 aliphatic heterocycles. The van der Waals surface area contributed by atoms with Gasteiger partial charge in [-0.2, -0.15) is 0 Å². The maximum Gasteiger partial charge on any atom is 0.115 e. The maximum absolute atomic E-state index is 11.3. The number of rotatable bonds is 1. The maximum atomic E-state index is 11.3. The van der Waals surface area contributed by atoms with Crippen LogP contribution in [0.3, 0.4) is 0 Å². The number of aryl methyl sites for hydroxylation is 1. The molecule has 4 rings (SSSR count). The molecule has 1 unspecified atom stereocenters. The molecular formula is C20H24ClIO2. The summed E-state index contributed by atoms with van der Waals surface area (Å²) >= 11 is 8.22. The molecule has 0 heterocycles. The Bertz CT molecular complexity index is 699. The Morgan fingerprint density at radius 3 is 2.83 bits per heavy atom. The number of phenolic OH excluding ortho intramolecular Hbond substituents is 1. The Balaban J connectivity index is 1.70. The molecule has 3 aliphatic carbocycles. The van der Waals surface area contributed by atoms with Gasteiger partial charge in [-0.25, -0.2) is 0 Å². The van der Waals surface area contributed by atoms with Crippen LogP contribution in [-0.2, 0) is 6.42 Å². The molecule has 2 N–H and O–H groups in total. The zero-order chi connectivity index (χ0) is 17.1. The first-order valence-electron chi connectivity index (χ1n) is 8.92. The first kappa shape index (κ1) is 17.2. The van der Waals surface area contributed by atoms with Gasteiger partial charge in [0.15, 0.2) is 0 Å². The van der Waals surface area contributed by atoms with Crippen molar-refractivity contribution < 1.29 is 10.2 Å². The van der Waals surface area contributed by atoms with E-state index in [0.717, 1.165) is 32.1 Å². The normalized spacial score (nSPS) is 41.5. The van der Waals surface area contributed by atoms with Gasteiger partial charge in [0.2, 0.25) is 0 Å². The van der Waals surface area contributed by atoms with E-state index in [4.69, 9.17) is 11.6 Å². The van der Waals surface area contributed by atoms with Gasteiger partial charge in [-0.1, -0.05) is 24.6 Å². The second-order valence-corrected chi connectivity index (χ2v) is 10.4. The molecule has 130 valence electrons. The molecule has 0 amide bonds. The topological polar surface area (TPSA) is 40.5 Å². The van der Waals surface area contributed by atoms with Gasteiger partial charge in [0.25, 0.3) is 0 Å². The van der Waals surface area contributed by atoms with Crippen molar-refractivity contribution in [1.29, 1.82) is 0 Å². The molecule has 5 atom stereocenters. The van der Waals surface area contributed by atoms with Crippen LogP contribution in [0.5, 0.6) is 5.75 Å². The second kappa shape index (κ2) is 5.88. The molecule has 0 saturated heterocycles. The Hall–Kier alpha value is -0.260. The standard InChI is InChI=1S/C20H24ClIO2/c1-19-8-6-15-14-5-3-13(23)10-12(14)2-4-16(15)17(19)7-9-20(19,24)11-18(21)22/h3,5,10-11,15-17,23-24H,2,4,6-9H2,1H3/b18-11+/t15-,16-,17+,19+,20?/m1/s1. The highest BCUT2D eigenvalue weighted by Gasteiger charge is 2.60. The van der Waals surface area contributed by atoms with Crippen LogP contribution in [0.2, 0.25) is 0 Å². The SMILES string of the molecule is C[C@]12CC[C@@H]3c4ccc(O)cc4CC[C@H]3[C@@H]1CCC2(O)/C=C(\Cl)I. The summed E-state index contributed by atoms with van der Waals surface area (Å²) in [5, 5.41) is 21.1. The Labute approximate surface area is 162 Å². The molecule has 4 heteroatoms. The van der Waals surface area contributed by atoms with Crippen molar-refractivity contribution in [2.45, 2.75) is 57.0 Å². The molecule has 0 aromatic heterocycles. The lowest BCUT2D eigenvalue weighted by atomic mass is 9.53. The summed E-state index contributed by atoms with van der Waals surface area (Å²) in [5.74, 6) is 2.14. The molecule has 2 fully saturated rings. The molecule has 2 nitrogen and oxygen atoms in total. The highest BCUT2D eigenvalue weighted by molar-refractivity contribution is 14.1. The quantitative estimate of drug-likeness (QED) is 0.546. The van der Waals surface area contributed by atoms with E-state index in [0.29, 0.717) is 26.5 Å². The van der Waals surface area contributed by atoms with E-state index in [9.17, 15) is 10.2 Å². The minimum absolute atomic E-state index is 0.0755. The largest absolute Gasteiger partial charge is 0.508 e. The van der Waals surface area contributed by atoms with Crippen molar-refractivity contribution in [1.82, 2.24) is 0 Å². The van der Waals surface area contributed by atoms with E-state index in [-0.39, 0.29) is 5.41 Å². The third-order valence-electron chi connectivity index (χ3n) is 7.27. The highest BCUT2D eigenvalue weighted by Crippen LogP contribution is 2.64. The Morgan fingerprint density at radius 1 is 1.29 bits per heavy atom. The fourth-order valence-electron chi connectivity index (χ4n) is 6.04. The molecule has 3 aliphatic rings. The van der Waals surface area contributed by atoms with Crippen LogP contribution in [0.4, 0.5) is 0 Å². The Morgan fingerprint density at radius 2 is 2.08 bits per heavy atom. The number of fused-ring (bicyclic) bond motifs is 5. The number of aromatic hydroxyl groups is 1. The van der Waals surface area contributed by atoms with Crippen LogP contribution in [0.25, 0.3) is 0 Å². The number of hydrogen-bond acceptors (Lipinski definition) is 2. The summed E-state index contributed by atoms with van der Waals surface area (Å²) in [6, 6.07) is 5.91. The monoisotopic (exact) mass is 458 g/mol. The van der Waals surface area contributed by atoms with Crippen molar-refractivity contribution in [3.63, 3.8) is 0 Å². The molecule has 1 aromatic carbocycles. The lowest BCUT2D eigenvalue weighted by molar-refractivity contribution is -0.0709. The van der Waals surface area contributed by atoms with Gasteiger partial charge in [-0.3, -0.25) is 0 Å². The summed E-state index contributed by atoms with van der Waals surface area (Å²) < 4.78 is 0.670. The number of aliphatic hydroxyl groups is 1. The molecule has 0 radical (unpaired) electrons. The smallest absolute Gasteiger partial charge is 0.115 e. The van der Waals surface area contributed by atoms with E-state index >= 15 is 0 Å². The van der Waals surface area contributed by atoms with Crippen LogP contribution >= 0.6 is 34.2 Å². The zero-order valence-electron chi connectivity index (χ0n) is 13.9. The van der Waals surface area contributed by atoms with E-state index in [1.165, 1.54) is 17.5 Å². The van der Waals surface area contributed by atoms with Crippen LogP contribution in [-0.4, -0.2) is 15.8 Å². The van der Waals surface area contributed by atoms with E-state index in [1.807, 2.05) is 18.2 Å². The number of halogens is 2. The van der Waals surface area contributed by atoms with E-state index in [1.54, 1.807) is 0 Å². The average Bonchev–Trinajstić information content (AvgIpc) is 2.77. The first-order chi connectivity index (χ1) is 11.3. The number of phenols is 1. The van der Waals surface area contributed by atoms with Crippen molar-refractivity contribution in [2.75, 3.05) is 0 Å². The highest BCUT2D eigenvalue weighted by atomic mass is 127. The molecular weight excluding hydrogens is 435 g/mol. The van der Waals surface area contributed by atoms with E-state index < -0.39 is 5.60 Å². The predicted molar refractivity (Wildman–Crippen MR) is 106 cm³/mol. The molecule has 0 spiro atoms. The van der Waals surface area contributed by atoms with E-state index in [2.05, 4.69) is 35.6 Å². The predicted octanol–water partition coefficient (Wildman–Crippen LogP) is 5.49. The van der Waals surface area contributed by atoms with Gasteiger partial charge in [-0.05, 0) is 108 Å². The zero-order valence-corrected chi connectivity index (χ0v) is 16.8. The third-order valence-corrected chi connectivity index (χ3v) is 7.69. The lowest BCUT2D eigenvalue weighted by Gasteiger charge is -2.52. The van der Waals surface area contributed by atoms with Gasteiger partial charge in [0, 0.05) is 5.41 Å². The minimum atomic E-state index is -0.768. The summed E-state index contributed by atoms with van der Waals surface area (Å²) in [7, 11) is 0. The average molecular weight is 459 g/mol. The van der Waals surface area contributed by atoms with Crippen LogP contribution < -0.4 is 0 Å². The number of hydrogen-bond donors (Lipinski definition) is 2. The van der Waals surface area contributed by atoms with Crippen LogP contribution in [0, 0.1) is 17.3 Å². The Kier molecular flexibility index (Phi) is 4.21. The van der Waals surface area contributed by atoms with Gasteiger partial charge >= 0.3 is 0 Å². The fourth-order valence-corrected chi connectivity index (χ4v) is 6.73. The van der Waals surface area contributed by atoms with Crippen molar-refractivity contribution in [3.05, 3.63) is 38.4 Å². The van der Waals surface area contributed by atoms with Gasteiger partial charge in [-0.15, -0.1) is 0 Å². The summed E-state index contributed by atoms with van der Waals surface area (Å²) in [5.41, 5.74) is 1.91. The fraction of sp³-hybridized carbons (Fsp3) is 0.600. The van der Waals surface area contributed by atoms with Crippen molar-refractivity contribution >= 4 is 34.2 Å². The number of benzene rings is 1. The van der Waals surface area contributed by atoms with Gasteiger partial charge in [0.1, 0.15) is 5.75 Å². The van der Waals surface area contributed by atoms with Gasteiger partial charge < -0.3 is 10.2 Å². The summed E-state index contributed by atoms with van der Waals surface area (Å²) in [6.07, 6.45) is 8.15. The van der Waals surface area contributed by atoms with Crippen molar-refractivity contribution in [2.24, 2.45) is 17.3 Å². The molecule has 2 saturated carbocycles. The van der Waals surface area contributed by atoms with Crippen LogP contribution in [0.1, 0.15) is 56.1 Å². The van der Waals surface area contributed by atoms with Crippen molar-refractivity contribution in [3.8, 4) is 5.75 Å². The molecule has 0 bridgehead atoms. The first-order valence-corrected chi connectivity index (χ1v) is 10.4. The lowest BCUT2D eigenvalue weighted by Crippen LogP contribution is -2.49. The summed E-state index contributed by atoms with van der Waals surface area (Å²) in [4.78, 5) is 0. The summed E-state index contributed by atoms with van der Waals surface area (Å²) in [6.45, 7) is 2.28. The van der Waals surface area contributed by atoms with Gasteiger partial charge in [0.05, 0.1) is 8.64 Å². The molecule has 24 heavy (non-hydrogen) atoms.